The Bertz CT molecular complexity index is 249. The van der Waals surface area contributed by atoms with Crippen molar-refractivity contribution in [1.29, 1.82) is 0 Å². The van der Waals surface area contributed by atoms with Gasteiger partial charge in [0.2, 0.25) is 5.91 Å². The van der Waals surface area contributed by atoms with E-state index in [0.717, 1.165) is 6.54 Å². The molecule has 15 heavy (non-hydrogen) atoms. The summed E-state index contributed by atoms with van der Waals surface area (Å²) in [7, 11) is 0. The molecule has 1 unspecified atom stereocenters. The fourth-order valence-corrected chi connectivity index (χ4v) is 2.56. The molecular weight excluding hydrogens is 208 g/mol. The number of thioether (sulfide) groups is 1. The lowest BCUT2D eigenvalue weighted by molar-refractivity contribution is -0.121. The number of rotatable bonds is 6. The molecule has 3 nitrogen and oxygen atoms in total. The van der Waals surface area contributed by atoms with E-state index < -0.39 is 0 Å². The first-order valence-electron chi connectivity index (χ1n) is 5.73. The Morgan fingerprint density at radius 1 is 1.60 bits per heavy atom. The minimum Gasteiger partial charge on any atom is -0.355 e. The van der Waals surface area contributed by atoms with Crippen LogP contribution in [0.4, 0.5) is 0 Å². The lowest BCUT2D eigenvalue weighted by Gasteiger charge is -2.15. The van der Waals surface area contributed by atoms with Gasteiger partial charge in [-0.05, 0) is 37.9 Å². The summed E-state index contributed by atoms with van der Waals surface area (Å²) in [5.41, 5.74) is 5.90. The highest BCUT2D eigenvalue weighted by atomic mass is 32.2. The van der Waals surface area contributed by atoms with Crippen molar-refractivity contribution in [1.82, 2.24) is 5.32 Å². The van der Waals surface area contributed by atoms with Gasteiger partial charge in [-0.15, -0.1) is 0 Å². The molecule has 2 fully saturated rings. The van der Waals surface area contributed by atoms with Crippen molar-refractivity contribution in [3.63, 3.8) is 0 Å². The second kappa shape index (κ2) is 4.34. The van der Waals surface area contributed by atoms with E-state index in [2.05, 4.69) is 11.6 Å². The van der Waals surface area contributed by atoms with Crippen molar-refractivity contribution in [2.75, 3.05) is 12.8 Å². The van der Waals surface area contributed by atoms with E-state index in [4.69, 9.17) is 5.73 Å². The first-order valence-corrected chi connectivity index (χ1v) is 6.95. The topological polar surface area (TPSA) is 55.1 Å². The van der Waals surface area contributed by atoms with Gasteiger partial charge in [-0.3, -0.25) is 4.79 Å². The van der Waals surface area contributed by atoms with Gasteiger partial charge in [0.05, 0.1) is 0 Å². The molecule has 0 spiro atoms. The molecule has 1 atom stereocenters. The summed E-state index contributed by atoms with van der Waals surface area (Å²) in [6, 6.07) is 0.0921. The second-order valence-electron chi connectivity index (χ2n) is 4.87. The van der Waals surface area contributed by atoms with Crippen LogP contribution in [0.15, 0.2) is 0 Å². The van der Waals surface area contributed by atoms with E-state index in [1.54, 1.807) is 0 Å². The quantitative estimate of drug-likeness (QED) is 0.716. The summed E-state index contributed by atoms with van der Waals surface area (Å²) in [4.78, 5) is 11.6. The summed E-state index contributed by atoms with van der Waals surface area (Å²) < 4.78 is 0.360. The SMILES string of the molecule is CSC1(CNC(=O)CC(N)C2CC2)CC1. The molecule has 0 heterocycles. The number of nitrogens with two attached hydrogens (primary N) is 1. The molecule has 2 aliphatic carbocycles. The molecule has 0 aromatic heterocycles. The van der Waals surface area contributed by atoms with Crippen molar-refractivity contribution in [2.45, 2.75) is 42.9 Å². The summed E-state index contributed by atoms with van der Waals surface area (Å²) in [6.07, 6.45) is 7.53. The van der Waals surface area contributed by atoms with Gasteiger partial charge in [0.1, 0.15) is 0 Å². The van der Waals surface area contributed by atoms with Gasteiger partial charge in [-0.1, -0.05) is 0 Å². The molecule has 2 rings (SSSR count). The van der Waals surface area contributed by atoms with E-state index in [0.29, 0.717) is 17.1 Å². The van der Waals surface area contributed by atoms with Crippen LogP contribution in [0.25, 0.3) is 0 Å². The molecule has 0 aromatic carbocycles. The van der Waals surface area contributed by atoms with Crippen LogP contribution in [0.2, 0.25) is 0 Å². The Morgan fingerprint density at radius 2 is 2.27 bits per heavy atom. The third-order valence-electron chi connectivity index (χ3n) is 3.50. The predicted molar refractivity (Wildman–Crippen MR) is 63.8 cm³/mol. The van der Waals surface area contributed by atoms with Gasteiger partial charge >= 0.3 is 0 Å². The maximum Gasteiger partial charge on any atom is 0.221 e. The summed E-state index contributed by atoms with van der Waals surface area (Å²) >= 11 is 1.87. The van der Waals surface area contributed by atoms with Gasteiger partial charge in [0.15, 0.2) is 0 Å². The van der Waals surface area contributed by atoms with Crippen molar-refractivity contribution in [2.24, 2.45) is 11.7 Å². The molecule has 86 valence electrons. The number of hydrogen-bond donors (Lipinski definition) is 2. The van der Waals surface area contributed by atoms with Gasteiger partial charge < -0.3 is 11.1 Å². The summed E-state index contributed by atoms with van der Waals surface area (Å²) in [6.45, 7) is 0.824. The average Bonchev–Trinajstić information content (AvgIpc) is 3.08. The standard InChI is InChI=1S/C11H20N2OS/c1-15-11(4-5-11)7-13-10(14)6-9(12)8-2-3-8/h8-9H,2-7,12H2,1H3,(H,13,14). The Balaban J connectivity index is 1.63. The summed E-state index contributed by atoms with van der Waals surface area (Å²) in [5, 5.41) is 3.01. The maximum atomic E-state index is 11.6. The average molecular weight is 228 g/mol. The van der Waals surface area contributed by atoms with Crippen LogP contribution in [0.5, 0.6) is 0 Å². The van der Waals surface area contributed by atoms with Gasteiger partial charge in [0.25, 0.3) is 0 Å². The van der Waals surface area contributed by atoms with Crippen LogP contribution < -0.4 is 11.1 Å². The lowest BCUT2D eigenvalue weighted by atomic mass is 10.1. The minimum absolute atomic E-state index is 0.0921. The van der Waals surface area contributed by atoms with Crippen LogP contribution in [-0.4, -0.2) is 29.5 Å². The fourth-order valence-electron chi connectivity index (χ4n) is 1.83. The molecule has 0 aliphatic heterocycles. The van der Waals surface area contributed by atoms with Crippen molar-refractivity contribution in [3.05, 3.63) is 0 Å². The highest BCUT2D eigenvalue weighted by molar-refractivity contribution is 8.00. The number of nitrogens with one attached hydrogen (secondary N) is 1. The predicted octanol–water partition coefficient (Wildman–Crippen LogP) is 1.13. The summed E-state index contributed by atoms with van der Waals surface area (Å²) in [5.74, 6) is 0.751. The van der Waals surface area contributed by atoms with E-state index in [9.17, 15) is 4.79 Å². The molecule has 0 bridgehead atoms. The van der Waals surface area contributed by atoms with Crippen LogP contribution in [0.3, 0.4) is 0 Å². The first-order chi connectivity index (χ1) is 7.15. The van der Waals surface area contributed by atoms with Crippen LogP contribution in [-0.2, 0) is 4.79 Å². The zero-order valence-electron chi connectivity index (χ0n) is 9.29. The van der Waals surface area contributed by atoms with Crippen LogP contribution >= 0.6 is 11.8 Å². The molecule has 2 aliphatic rings. The molecule has 0 saturated heterocycles. The zero-order chi connectivity index (χ0) is 10.9. The van der Waals surface area contributed by atoms with Crippen molar-refractivity contribution in [3.8, 4) is 0 Å². The third kappa shape index (κ3) is 3.11. The number of carbonyl (C=O) groups excluding carboxylic acids is 1. The van der Waals surface area contributed by atoms with Gasteiger partial charge in [-0.2, -0.15) is 11.8 Å². The Morgan fingerprint density at radius 3 is 2.73 bits per heavy atom. The second-order valence-corrected chi connectivity index (χ2v) is 6.14. The Hall–Kier alpha value is -0.220. The minimum atomic E-state index is 0.0921. The molecule has 0 radical (unpaired) electrons. The zero-order valence-corrected chi connectivity index (χ0v) is 10.1. The molecule has 2 saturated carbocycles. The van der Waals surface area contributed by atoms with E-state index in [-0.39, 0.29) is 11.9 Å². The number of hydrogen-bond acceptors (Lipinski definition) is 3. The molecule has 3 N–H and O–H groups in total. The maximum absolute atomic E-state index is 11.6. The highest BCUT2D eigenvalue weighted by Crippen LogP contribution is 2.46. The number of amides is 1. The van der Waals surface area contributed by atoms with Crippen molar-refractivity contribution < 1.29 is 4.79 Å². The molecule has 0 aromatic rings. The van der Waals surface area contributed by atoms with E-state index in [1.165, 1.54) is 25.7 Å². The van der Waals surface area contributed by atoms with Gasteiger partial charge in [-0.25, -0.2) is 0 Å². The Kier molecular flexibility index (Phi) is 3.26. The number of carbonyl (C=O) groups is 1. The molecule has 1 amide bonds. The van der Waals surface area contributed by atoms with E-state index in [1.807, 2.05) is 11.8 Å². The van der Waals surface area contributed by atoms with Gasteiger partial charge in [0, 0.05) is 23.8 Å². The van der Waals surface area contributed by atoms with Crippen LogP contribution in [0.1, 0.15) is 32.1 Å². The normalized spacial score (nSPS) is 24.7. The Labute approximate surface area is 95.6 Å². The highest BCUT2D eigenvalue weighted by Gasteiger charge is 2.42. The smallest absolute Gasteiger partial charge is 0.221 e. The molecular formula is C11H20N2OS. The fraction of sp³-hybridized carbons (Fsp3) is 0.909. The van der Waals surface area contributed by atoms with Crippen molar-refractivity contribution >= 4 is 17.7 Å². The monoisotopic (exact) mass is 228 g/mol. The van der Waals surface area contributed by atoms with E-state index >= 15 is 0 Å². The largest absolute Gasteiger partial charge is 0.355 e. The first kappa shape index (κ1) is 11.3. The molecule has 4 heteroatoms. The third-order valence-corrected chi connectivity index (χ3v) is 4.92. The lowest BCUT2D eigenvalue weighted by Crippen LogP contribution is -2.36. The van der Waals surface area contributed by atoms with Crippen LogP contribution in [0, 0.1) is 5.92 Å².